The zero-order valence-electron chi connectivity index (χ0n) is 8.60. The van der Waals surface area contributed by atoms with Crippen molar-refractivity contribution in [3.63, 3.8) is 0 Å². The summed E-state index contributed by atoms with van der Waals surface area (Å²) in [6.45, 7) is 3.91. The summed E-state index contributed by atoms with van der Waals surface area (Å²) in [5.74, 6) is -0.437. The maximum absolute atomic E-state index is 11.5. The molecule has 1 atom stereocenters. The fourth-order valence-corrected chi connectivity index (χ4v) is 1.33. The molecule has 0 aromatic carbocycles. The number of aromatic nitrogens is 2. The Morgan fingerprint density at radius 3 is 2.57 bits per heavy atom. The minimum Gasteiger partial charge on any atom is -0.468 e. The second kappa shape index (κ2) is 4.69. The van der Waals surface area contributed by atoms with Crippen molar-refractivity contribution in [3.05, 3.63) is 24.3 Å². The standard InChI is InChI=1S/C10H14N2O2/c1-7(2)9(10(13)14-3)8-6-11-4-5-12-8/h4-7,9H,1-3H3. The molecule has 0 aliphatic rings. The van der Waals surface area contributed by atoms with Crippen LogP contribution in [-0.2, 0) is 9.53 Å². The smallest absolute Gasteiger partial charge is 0.315 e. The number of rotatable bonds is 3. The SMILES string of the molecule is COC(=O)C(c1cnccn1)C(C)C. The van der Waals surface area contributed by atoms with Crippen LogP contribution in [-0.4, -0.2) is 23.0 Å². The summed E-state index contributed by atoms with van der Waals surface area (Å²) in [6.07, 6.45) is 4.76. The molecule has 0 saturated carbocycles. The van der Waals surface area contributed by atoms with Crippen LogP contribution < -0.4 is 0 Å². The summed E-state index contributed by atoms with van der Waals surface area (Å²) >= 11 is 0. The van der Waals surface area contributed by atoms with Crippen LogP contribution in [0, 0.1) is 5.92 Å². The molecule has 1 rings (SSSR count). The Morgan fingerprint density at radius 2 is 2.14 bits per heavy atom. The largest absolute Gasteiger partial charge is 0.468 e. The summed E-state index contributed by atoms with van der Waals surface area (Å²) in [4.78, 5) is 19.5. The number of carbonyl (C=O) groups excluding carboxylic acids is 1. The topological polar surface area (TPSA) is 52.1 Å². The van der Waals surface area contributed by atoms with E-state index in [0.717, 1.165) is 0 Å². The van der Waals surface area contributed by atoms with E-state index in [2.05, 4.69) is 9.97 Å². The molecular formula is C10H14N2O2. The second-order valence-corrected chi connectivity index (χ2v) is 3.38. The number of ether oxygens (including phenoxy) is 1. The molecule has 0 N–H and O–H groups in total. The molecule has 0 saturated heterocycles. The molecule has 1 aromatic heterocycles. The van der Waals surface area contributed by atoms with Gasteiger partial charge in [0.25, 0.3) is 0 Å². The summed E-state index contributed by atoms with van der Waals surface area (Å²) in [7, 11) is 1.38. The van der Waals surface area contributed by atoms with E-state index in [1.807, 2.05) is 13.8 Å². The second-order valence-electron chi connectivity index (χ2n) is 3.38. The Labute approximate surface area is 83.3 Å². The van der Waals surface area contributed by atoms with Crippen molar-refractivity contribution in [1.29, 1.82) is 0 Å². The predicted octanol–water partition coefficient (Wildman–Crippen LogP) is 1.39. The third-order valence-electron chi connectivity index (χ3n) is 2.02. The van der Waals surface area contributed by atoms with Crippen LogP contribution in [0.3, 0.4) is 0 Å². The zero-order chi connectivity index (χ0) is 10.6. The summed E-state index contributed by atoms with van der Waals surface area (Å²) in [5, 5.41) is 0. The van der Waals surface area contributed by atoms with Crippen LogP contribution in [0.2, 0.25) is 0 Å². The van der Waals surface area contributed by atoms with Gasteiger partial charge >= 0.3 is 5.97 Å². The van der Waals surface area contributed by atoms with Crippen LogP contribution in [0.25, 0.3) is 0 Å². The molecule has 1 heterocycles. The van der Waals surface area contributed by atoms with Gasteiger partial charge in [-0.25, -0.2) is 0 Å². The first-order valence-electron chi connectivity index (χ1n) is 4.50. The van der Waals surface area contributed by atoms with Gasteiger partial charge in [0, 0.05) is 18.6 Å². The quantitative estimate of drug-likeness (QED) is 0.682. The summed E-state index contributed by atoms with van der Waals surface area (Å²) in [5.41, 5.74) is 0.661. The van der Waals surface area contributed by atoms with E-state index in [-0.39, 0.29) is 17.8 Å². The van der Waals surface area contributed by atoms with Gasteiger partial charge in [0.05, 0.1) is 12.8 Å². The summed E-state index contributed by atoms with van der Waals surface area (Å²) < 4.78 is 4.72. The van der Waals surface area contributed by atoms with Gasteiger partial charge in [-0.1, -0.05) is 13.8 Å². The van der Waals surface area contributed by atoms with Gasteiger partial charge in [-0.3, -0.25) is 14.8 Å². The third kappa shape index (κ3) is 2.28. The lowest BCUT2D eigenvalue weighted by atomic mass is 9.93. The van der Waals surface area contributed by atoms with Crippen LogP contribution in [0.5, 0.6) is 0 Å². The molecule has 0 amide bonds. The van der Waals surface area contributed by atoms with Gasteiger partial charge in [-0.2, -0.15) is 0 Å². The molecule has 4 heteroatoms. The molecule has 0 aliphatic carbocycles. The average Bonchev–Trinajstić information content (AvgIpc) is 2.19. The lowest BCUT2D eigenvalue weighted by Crippen LogP contribution is -2.20. The van der Waals surface area contributed by atoms with Gasteiger partial charge < -0.3 is 4.74 Å². The van der Waals surface area contributed by atoms with E-state index in [9.17, 15) is 4.79 Å². The number of nitrogens with zero attached hydrogens (tertiary/aromatic N) is 2. The van der Waals surface area contributed by atoms with Crippen molar-refractivity contribution in [2.75, 3.05) is 7.11 Å². The first-order chi connectivity index (χ1) is 6.66. The first-order valence-corrected chi connectivity index (χ1v) is 4.50. The molecule has 4 nitrogen and oxygen atoms in total. The van der Waals surface area contributed by atoms with Gasteiger partial charge in [-0.05, 0) is 5.92 Å². The van der Waals surface area contributed by atoms with E-state index < -0.39 is 0 Å². The van der Waals surface area contributed by atoms with Gasteiger partial charge in [0.15, 0.2) is 0 Å². The molecule has 0 aliphatic heterocycles. The molecule has 0 fully saturated rings. The van der Waals surface area contributed by atoms with Crippen molar-refractivity contribution in [2.24, 2.45) is 5.92 Å². The van der Waals surface area contributed by atoms with Crippen molar-refractivity contribution >= 4 is 5.97 Å². The molecular weight excluding hydrogens is 180 g/mol. The molecule has 14 heavy (non-hydrogen) atoms. The molecule has 76 valence electrons. The molecule has 0 bridgehead atoms. The van der Waals surface area contributed by atoms with Crippen molar-refractivity contribution in [2.45, 2.75) is 19.8 Å². The minimum atomic E-state index is -0.325. The Morgan fingerprint density at radius 1 is 1.43 bits per heavy atom. The minimum absolute atomic E-state index is 0.152. The lowest BCUT2D eigenvalue weighted by Gasteiger charge is -2.16. The Hall–Kier alpha value is -1.45. The van der Waals surface area contributed by atoms with E-state index in [1.165, 1.54) is 7.11 Å². The molecule has 1 aromatic rings. The predicted molar refractivity (Wildman–Crippen MR) is 51.6 cm³/mol. The summed E-state index contributed by atoms with van der Waals surface area (Å²) in [6, 6.07) is 0. The number of hydrogen-bond donors (Lipinski definition) is 0. The zero-order valence-corrected chi connectivity index (χ0v) is 8.60. The monoisotopic (exact) mass is 194 g/mol. The highest BCUT2D eigenvalue weighted by molar-refractivity contribution is 5.77. The average molecular weight is 194 g/mol. The van der Waals surface area contributed by atoms with Crippen molar-refractivity contribution in [3.8, 4) is 0 Å². The number of hydrogen-bond acceptors (Lipinski definition) is 4. The first kappa shape index (κ1) is 10.6. The molecule has 1 unspecified atom stereocenters. The van der Waals surface area contributed by atoms with Gasteiger partial charge in [0.2, 0.25) is 0 Å². The highest BCUT2D eigenvalue weighted by atomic mass is 16.5. The number of esters is 1. The molecule has 0 radical (unpaired) electrons. The van der Waals surface area contributed by atoms with Crippen molar-refractivity contribution < 1.29 is 9.53 Å². The number of carbonyl (C=O) groups is 1. The van der Waals surface area contributed by atoms with Gasteiger partial charge in [-0.15, -0.1) is 0 Å². The fraction of sp³-hybridized carbons (Fsp3) is 0.500. The lowest BCUT2D eigenvalue weighted by molar-refractivity contribution is -0.143. The van der Waals surface area contributed by atoms with Crippen LogP contribution >= 0.6 is 0 Å². The van der Waals surface area contributed by atoms with Crippen LogP contribution in [0.4, 0.5) is 0 Å². The van der Waals surface area contributed by atoms with Crippen LogP contribution in [0.15, 0.2) is 18.6 Å². The van der Waals surface area contributed by atoms with Gasteiger partial charge in [0.1, 0.15) is 5.92 Å². The Bertz CT molecular complexity index is 298. The normalized spacial score (nSPS) is 12.6. The van der Waals surface area contributed by atoms with E-state index >= 15 is 0 Å². The highest BCUT2D eigenvalue weighted by Gasteiger charge is 2.26. The maximum atomic E-state index is 11.5. The Balaban J connectivity index is 2.95. The van der Waals surface area contributed by atoms with E-state index in [4.69, 9.17) is 4.74 Å². The van der Waals surface area contributed by atoms with Crippen LogP contribution in [0.1, 0.15) is 25.5 Å². The van der Waals surface area contributed by atoms with E-state index in [1.54, 1.807) is 18.6 Å². The molecule has 0 spiro atoms. The third-order valence-corrected chi connectivity index (χ3v) is 2.02. The number of methoxy groups -OCH3 is 1. The maximum Gasteiger partial charge on any atom is 0.315 e. The fourth-order valence-electron chi connectivity index (χ4n) is 1.33. The van der Waals surface area contributed by atoms with Crippen molar-refractivity contribution in [1.82, 2.24) is 9.97 Å². The Kier molecular flexibility index (Phi) is 3.56. The highest BCUT2D eigenvalue weighted by Crippen LogP contribution is 2.22. The van der Waals surface area contributed by atoms with E-state index in [0.29, 0.717) is 5.69 Å².